The van der Waals surface area contributed by atoms with E-state index in [0.717, 1.165) is 6.42 Å². The Kier molecular flexibility index (Phi) is 3.51. The van der Waals surface area contributed by atoms with Gasteiger partial charge in [0, 0.05) is 24.8 Å². The molecule has 2 aromatic rings. The van der Waals surface area contributed by atoms with E-state index in [9.17, 15) is 9.59 Å². The molecule has 1 fully saturated rings. The van der Waals surface area contributed by atoms with Crippen molar-refractivity contribution in [3.63, 3.8) is 0 Å². The Hall–Kier alpha value is -2.51. The molecule has 0 bridgehead atoms. The fraction of sp³-hybridized carbons (Fsp3) is 0.462. The highest BCUT2D eigenvalue weighted by Crippen LogP contribution is 2.19. The summed E-state index contributed by atoms with van der Waals surface area (Å²) in [5.74, 6) is -0.0857. The fourth-order valence-corrected chi connectivity index (χ4v) is 2.45. The van der Waals surface area contributed by atoms with E-state index in [0.29, 0.717) is 18.8 Å². The number of aromatic nitrogens is 5. The van der Waals surface area contributed by atoms with Crippen LogP contribution in [0.15, 0.2) is 29.6 Å². The van der Waals surface area contributed by atoms with E-state index in [1.54, 1.807) is 29.0 Å². The van der Waals surface area contributed by atoms with Gasteiger partial charge in [-0.3, -0.25) is 14.2 Å². The van der Waals surface area contributed by atoms with E-state index in [2.05, 4.69) is 15.2 Å². The molecule has 0 N–H and O–H groups in total. The molecule has 0 radical (unpaired) electrons. The number of nitrogens with zero attached hydrogens (tertiary/aromatic N) is 6. The van der Waals surface area contributed by atoms with Crippen LogP contribution in [0, 0.1) is 6.92 Å². The van der Waals surface area contributed by atoms with Gasteiger partial charge in [0.05, 0.1) is 24.8 Å². The van der Waals surface area contributed by atoms with Crippen LogP contribution in [0.4, 0.5) is 0 Å². The quantitative estimate of drug-likeness (QED) is 0.768. The van der Waals surface area contributed by atoms with Gasteiger partial charge < -0.3 is 4.90 Å². The smallest absolute Gasteiger partial charge is 0.253 e. The van der Waals surface area contributed by atoms with Crippen molar-refractivity contribution in [1.82, 2.24) is 29.4 Å². The van der Waals surface area contributed by atoms with Gasteiger partial charge in [-0.15, -0.1) is 0 Å². The topological polar surface area (TPSA) is 85.9 Å². The van der Waals surface area contributed by atoms with E-state index in [1.165, 1.54) is 17.0 Å². The molecule has 2 aromatic heterocycles. The lowest BCUT2D eigenvalue weighted by Gasteiger charge is -2.16. The highest BCUT2D eigenvalue weighted by Gasteiger charge is 2.28. The number of amides is 1. The first-order valence-electron chi connectivity index (χ1n) is 6.80. The third kappa shape index (κ3) is 2.83. The molecule has 1 saturated heterocycles. The molecule has 0 spiro atoms. The minimum absolute atomic E-state index is 0.0192. The Morgan fingerprint density at radius 3 is 2.86 bits per heavy atom. The van der Waals surface area contributed by atoms with E-state index >= 15 is 0 Å². The standard InChI is InChI=1S/C13H16N6O2/c1-10-6-12(20)18(9-14-10)8-13(21)17-5-2-11(7-17)19-15-3-4-16-19/h3-4,6,9,11H,2,5,7-8H2,1H3. The summed E-state index contributed by atoms with van der Waals surface area (Å²) >= 11 is 0. The summed E-state index contributed by atoms with van der Waals surface area (Å²) in [6, 6.07) is 1.53. The maximum atomic E-state index is 12.3. The molecular weight excluding hydrogens is 272 g/mol. The van der Waals surface area contributed by atoms with Gasteiger partial charge in [-0.2, -0.15) is 15.0 Å². The Balaban J connectivity index is 1.65. The summed E-state index contributed by atoms with van der Waals surface area (Å²) in [7, 11) is 0. The van der Waals surface area contributed by atoms with Crippen molar-refractivity contribution in [2.24, 2.45) is 0 Å². The minimum atomic E-state index is -0.208. The van der Waals surface area contributed by atoms with E-state index in [1.807, 2.05) is 0 Å². The van der Waals surface area contributed by atoms with Crippen molar-refractivity contribution in [3.05, 3.63) is 40.8 Å². The number of carbonyl (C=O) groups is 1. The highest BCUT2D eigenvalue weighted by molar-refractivity contribution is 5.76. The average molecular weight is 288 g/mol. The van der Waals surface area contributed by atoms with Gasteiger partial charge in [0.2, 0.25) is 5.91 Å². The summed E-state index contributed by atoms with van der Waals surface area (Å²) in [5, 5.41) is 8.20. The normalized spacial score (nSPS) is 18.1. The maximum absolute atomic E-state index is 12.3. The number of rotatable bonds is 3. The molecule has 1 atom stereocenters. The Morgan fingerprint density at radius 2 is 2.14 bits per heavy atom. The lowest BCUT2D eigenvalue weighted by atomic mass is 10.3. The van der Waals surface area contributed by atoms with Crippen molar-refractivity contribution >= 4 is 5.91 Å². The van der Waals surface area contributed by atoms with Crippen molar-refractivity contribution in [2.45, 2.75) is 25.9 Å². The molecule has 1 aliphatic heterocycles. The molecule has 8 heteroatoms. The molecule has 110 valence electrons. The molecule has 8 nitrogen and oxygen atoms in total. The van der Waals surface area contributed by atoms with Crippen molar-refractivity contribution < 1.29 is 4.79 Å². The zero-order chi connectivity index (χ0) is 14.8. The molecular formula is C13H16N6O2. The van der Waals surface area contributed by atoms with Gasteiger partial charge in [0.1, 0.15) is 6.54 Å². The molecule has 3 heterocycles. The summed E-state index contributed by atoms with van der Waals surface area (Å²) in [6.45, 7) is 2.99. The van der Waals surface area contributed by atoms with Crippen LogP contribution in [-0.2, 0) is 11.3 Å². The molecule has 0 aromatic carbocycles. The molecule has 21 heavy (non-hydrogen) atoms. The van der Waals surface area contributed by atoms with Gasteiger partial charge >= 0.3 is 0 Å². The molecule has 1 aliphatic rings. The first kappa shape index (κ1) is 13.5. The van der Waals surface area contributed by atoms with E-state index < -0.39 is 0 Å². The van der Waals surface area contributed by atoms with Crippen molar-refractivity contribution in [1.29, 1.82) is 0 Å². The first-order chi connectivity index (χ1) is 10.1. The van der Waals surface area contributed by atoms with Gasteiger partial charge in [0.15, 0.2) is 0 Å². The Labute approximate surface area is 121 Å². The van der Waals surface area contributed by atoms with Crippen LogP contribution in [0.3, 0.4) is 0 Å². The fourth-order valence-electron chi connectivity index (χ4n) is 2.45. The summed E-state index contributed by atoms with van der Waals surface area (Å²) in [5.41, 5.74) is 0.440. The van der Waals surface area contributed by atoms with Crippen LogP contribution in [0.2, 0.25) is 0 Å². The number of carbonyl (C=O) groups excluding carboxylic acids is 1. The summed E-state index contributed by atoms with van der Waals surface area (Å²) in [6.07, 6.45) is 5.49. The Bertz CT molecular complexity index is 693. The molecule has 1 unspecified atom stereocenters. The summed E-state index contributed by atoms with van der Waals surface area (Å²) < 4.78 is 1.33. The number of hydrogen-bond donors (Lipinski definition) is 0. The molecule has 1 amide bonds. The SMILES string of the molecule is Cc1cc(=O)n(CC(=O)N2CCC(n3nccn3)C2)cn1. The zero-order valence-electron chi connectivity index (χ0n) is 11.7. The van der Waals surface area contributed by atoms with Gasteiger partial charge in [-0.25, -0.2) is 4.98 Å². The maximum Gasteiger partial charge on any atom is 0.253 e. The lowest BCUT2D eigenvalue weighted by Crippen LogP contribution is -2.35. The second kappa shape index (κ2) is 5.47. The van der Waals surface area contributed by atoms with Crippen LogP contribution in [0.25, 0.3) is 0 Å². The second-order valence-corrected chi connectivity index (χ2v) is 5.13. The van der Waals surface area contributed by atoms with Gasteiger partial charge in [0.25, 0.3) is 5.56 Å². The largest absolute Gasteiger partial charge is 0.339 e. The lowest BCUT2D eigenvalue weighted by molar-refractivity contribution is -0.131. The predicted molar refractivity (Wildman–Crippen MR) is 73.5 cm³/mol. The predicted octanol–water partition coefficient (Wildman–Crippen LogP) is -0.383. The monoisotopic (exact) mass is 288 g/mol. The number of hydrogen-bond acceptors (Lipinski definition) is 5. The molecule has 3 rings (SSSR count). The van der Waals surface area contributed by atoms with Gasteiger partial charge in [-0.05, 0) is 13.3 Å². The van der Waals surface area contributed by atoms with Crippen molar-refractivity contribution in [2.75, 3.05) is 13.1 Å². The van der Waals surface area contributed by atoms with Crippen LogP contribution in [0.5, 0.6) is 0 Å². The highest BCUT2D eigenvalue weighted by atomic mass is 16.2. The molecule has 0 aliphatic carbocycles. The van der Waals surface area contributed by atoms with E-state index in [4.69, 9.17) is 0 Å². The average Bonchev–Trinajstić information content (AvgIpc) is 3.10. The zero-order valence-corrected chi connectivity index (χ0v) is 11.7. The summed E-state index contributed by atoms with van der Waals surface area (Å²) in [4.78, 5) is 31.4. The van der Waals surface area contributed by atoms with Crippen LogP contribution in [-0.4, -0.2) is 48.4 Å². The Morgan fingerprint density at radius 1 is 1.38 bits per heavy atom. The number of likely N-dealkylation sites (tertiary alicyclic amines) is 1. The van der Waals surface area contributed by atoms with E-state index in [-0.39, 0.29) is 24.1 Å². The molecule has 0 saturated carbocycles. The van der Waals surface area contributed by atoms with Crippen LogP contribution < -0.4 is 5.56 Å². The van der Waals surface area contributed by atoms with Gasteiger partial charge in [-0.1, -0.05) is 0 Å². The van der Waals surface area contributed by atoms with Crippen molar-refractivity contribution in [3.8, 4) is 0 Å². The minimum Gasteiger partial charge on any atom is -0.339 e. The number of aryl methyl sites for hydroxylation is 1. The first-order valence-corrected chi connectivity index (χ1v) is 6.80. The third-order valence-corrected chi connectivity index (χ3v) is 3.60. The van der Waals surface area contributed by atoms with Crippen LogP contribution in [0.1, 0.15) is 18.2 Å². The third-order valence-electron chi connectivity index (χ3n) is 3.60. The second-order valence-electron chi connectivity index (χ2n) is 5.13. The van der Waals surface area contributed by atoms with Crippen LogP contribution >= 0.6 is 0 Å².